The van der Waals surface area contributed by atoms with E-state index >= 15 is 0 Å². The summed E-state index contributed by atoms with van der Waals surface area (Å²) < 4.78 is 18.5. The van der Waals surface area contributed by atoms with Gasteiger partial charge in [-0.25, -0.2) is 4.39 Å². The molecule has 0 saturated carbocycles. The van der Waals surface area contributed by atoms with Crippen molar-refractivity contribution < 1.29 is 13.9 Å². The average molecular weight is 292 g/mol. The second-order valence-corrected chi connectivity index (χ2v) is 4.49. The first-order valence-electron chi connectivity index (χ1n) is 6.47. The number of amides is 1. The van der Waals surface area contributed by atoms with Gasteiger partial charge in [-0.3, -0.25) is 9.89 Å². The first-order valence-corrected chi connectivity index (χ1v) is 6.47. The Hall–Kier alpha value is -2.57. The zero-order valence-corrected chi connectivity index (χ0v) is 11.9. The number of rotatable bonds is 5. The second-order valence-electron chi connectivity index (χ2n) is 4.49. The van der Waals surface area contributed by atoms with Gasteiger partial charge in [-0.15, -0.1) is 0 Å². The number of aromatic amines is 1. The van der Waals surface area contributed by atoms with Crippen LogP contribution < -0.4 is 10.5 Å². The molecule has 2 rings (SSSR count). The van der Waals surface area contributed by atoms with Crippen LogP contribution in [0.3, 0.4) is 0 Å². The van der Waals surface area contributed by atoms with Gasteiger partial charge in [-0.2, -0.15) is 5.10 Å². The van der Waals surface area contributed by atoms with Crippen molar-refractivity contribution in [1.82, 2.24) is 15.1 Å². The van der Waals surface area contributed by atoms with E-state index in [-0.39, 0.29) is 24.0 Å². The molecule has 3 N–H and O–H groups in total. The summed E-state index contributed by atoms with van der Waals surface area (Å²) >= 11 is 0. The van der Waals surface area contributed by atoms with Crippen LogP contribution in [0.15, 0.2) is 24.3 Å². The molecule has 0 bridgehead atoms. The molecule has 1 aromatic carbocycles. The molecule has 21 heavy (non-hydrogen) atoms. The number of carbonyl (C=O) groups excluding carboxylic acids is 1. The summed E-state index contributed by atoms with van der Waals surface area (Å²) in [5.74, 6) is -0.262. The maximum atomic E-state index is 13.7. The number of H-pyrrole nitrogens is 1. The molecule has 0 aliphatic rings. The maximum absolute atomic E-state index is 13.7. The number of hydrogen-bond donors (Lipinski definition) is 2. The monoisotopic (exact) mass is 292 g/mol. The SMILES string of the molecule is CCN(Cc1ccc(OC)c(F)c1)C(=O)c1cc(N)n[nH]1. The summed E-state index contributed by atoms with van der Waals surface area (Å²) in [4.78, 5) is 13.8. The normalized spacial score (nSPS) is 10.4. The highest BCUT2D eigenvalue weighted by Gasteiger charge is 2.17. The lowest BCUT2D eigenvalue weighted by Crippen LogP contribution is -2.30. The summed E-state index contributed by atoms with van der Waals surface area (Å²) in [7, 11) is 1.41. The Kier molecular flexibility index (Phi) is 4.42. The molecule has 112 valence electrons. The third-order valence-electron chi connectivity index (χ3n) is 3.09. The van der Waals surface area contributed by atoms with E-state index in [0.29, 0.717) is 17.8 Å². The Bertz CT molecular complexity index is 642. The molecule has 6 nitrogen and oxygen atoms in total. The fraction of sp³-hybridized carbons (Fsp3) is 0.286. The van der Waals surface area contributed by atoms with Gasteiger partial charge in [0.05, 0.1) is 7.11 Å². The molecule has 0 saturated heterocycles. The van der Waals surface area contributed by atoms with E-state index in [1.165, 1.54) is 25.3 Å². The first kappa shape index (κ1) is 14.8. The molecule has 0 aliphatic heterocycles. The standard InChI is InChI=1S/C14H17FN4O2/c1-3-19(14(20)11-7-13(16)18-17-11)8-9-4-5-12(21-2)10(15)6-9/h4-7H,3,8H2,1-2H3,(H3,16,17,18). The Morgan fingerprint density at radius 1 is 1.48 bits per heavy atom. The van der Waals surface area contributed by atoms with Gasteiger partial charge < -0.3 is 15.4 Å². The van der Waals surface area contributed by atoms with E-state index in [2.05, 4.69) is 10.2 Å². The lowest BCUT2D eigenvalue weighted by atomic mass is 10.2. The van der Waals surface area contributed by atoms with Crippen molar-refractivity contribution in [2.24, 2.45) is 0 Å². The predicted molar refractivity (Wildman–Crippen MR) is 76.4 cm³/mol. The molecule has 0 aliphatic carbocycles. The zero-order chi connectivity index (χ0) is 15.4. The molecule has 0 fully saturated rings. The lowest BCUT2D eigenvalue weighted by Gasteiger charge is -2.20. The number of ether oxygens (including phenoxy) is 1. The smallest absolute Gasteiger partial charge is 0.272 e. The molecule has 1 amide bonds. The average Bonchev–Trinajstić information content (AvgIpc) is 2.91. The van der Waals surface area contributed by atoms with Gasteiger partial charge in [0.1, 0.15) is 11.5 Å². The van der Waals surface area contributed by atoms with Crippen LogP contribution >= 0.6 is 0 Å². The Balaban J connectivity index is 2.15. The number of carbonyl (C=O) groups is 1. The van der Waals surface area contributed by atoms with Crippen molar-refractivity contribution >= 4 is 11.7 Å². The van der Waals surface area contributed by atoms with Gasteiger partial charge >= 0.3 is 0 Å². The number of benzene rings is 1. The van der Waals surface area contributed by atoms with Crippen LogP contribution in [0.4, 0.5) is 10.2 Å². The Morgan fingerprint density at radius 2 is 2.24 bits per heavy atom. The fourth-order valence-corrected chi connectivity index (χ4v) is 1.97. The first-order chi connectivity index (χ1) is 10.0. The lowest BCUT2D eigenvalue weighted by molar-refractivity contribution is 0.0746. The molecule has 0 radical (unpaired) electrons. The number of nitrogens with two attached hydrogens (primary N) is 1. The summed E-state index contributed by atoms with van der Waals surface area (Å²) in [6.45, 7) is 2.61. The minimum absolute atomic E-state index is 0.175. The van der Waals surface area contributed by atoms with Gasteiger partial charge in [0, 0.05) is 19.2 Å². The van der Waals surface area contributed by atoms with Crippen molar-refractivity contribution in [3.05, 3.63) is 41.3 Å². The van der Waals surface area contributed by atoms with Crippen LogP contribution in [0.25, 0.3) is 0 Å². The van der Waals surface area contributed by atoms with E-state index in [0.717, 1.165) is 0 Å². The largest absolute Gasteiger partial charge is 0.494 e. The third-order valence-corrected chi connectivity index (χ3v) is 3.09. The van der Waals surface area contributed by atoms with Crippen molar-refractivity contribution in [1.29, 1.82) is 0 Å². The molecular formula is C14H17FN4O2. The van der Waals surface area contributed by atoms with E-state index in [1.807, 2.05) is 6.92 Å². The van der Waals surface area contributed by atoms with Crippen LogP contribution in [0.1, 0.15) is 23.0 Å². The summed E-state index contributed by atoms with van der Waals surface area (Å²) in [6.07, 6.45) is 0. The summed E-state index contributed by atoms with van der Waals surface area (Å²) in [6, 6.07) is 6.09. The van der Waals surface area contributed by atoms with Crippen LogP contribution in [-0.4, -0.2) is 34.7 Å². The minimum atomic E-state index is -0.454. The summed E-state index contributed by atoms with van der Waals surface area (Å²) in [5, 5.41) is 6.30. The number of nitrogen functional groups attached to an aromatic ring is 1. The highest BCUT2D eigenvalue weighted by Crippen LogP contribution is 2.19. The fourth-order valence-electron chi connectivity index (χ4n) is 1.97. The van der Waals surface area contributed by atoms with Crippen molar-refractivity contribution in [2.45, 2.75) is 13.5 Å². The number of nitrogens with one attached hydrogen (secondary N) is 1. The second kappa shape index (κ2) is 6.25. The number of nitrogens with zero attached hydrogens (tertiary/aromatic N) is 2. The van der Waals surface area contributed by atoms with Crippen molar-refractivity contribution in [3.8, 4) is 5.75 Å². The van der Waals surface area contributed by atoms with E-state index in [4.69, 9.17) is 10.5 Å². The van der Waals surface area contributed by atoms with Gasteiger partial charge in [0.15, 0.2) is 11.6 Å². The number of methoxy groups -OCH3 is 1. The quantitative estimate of drug-likeness (QED) is 0.880. The topological polar surface area (TPSA) is 84.2 Å². The highest BCUT2D eigenvalue weighted by molar-refractivity contribution is 5.92. The molecule has 0 spiro atoms. The van der Waals surface area contributed by atoms with Gasteiger partial charge in [-0.05, 0) is 24.6 Å². The van der Waals surface area contributed by atoms with Crippen LogP contribution in [0.2, 0.25) is 0 Å². The molecule has 7 heteroatoms. The third kappa shape index (κ3) is 3.31. The molecule has 0 unspecified atom stereocenters. The molecular weight excluding hydrogens is 275 g/mol. The van der Waals surface area contributed by atoms with Crippen molar-refractivity contribution in [3.63, 3.8) is 0 Å². The van der Waals surface area contributed by atoms with Crippen LogP contribution in [0, 0.1) is 5.82 Å². The van der Waals surface area contributed by atoms with Gasteiger partial charge in [0.2, 0.25) is 0 Å². The summed E-state index contributed by atoms with van der Waals surface area (Å²) in [5.41, 5.74) is 6.47. The van der Waals surface area contributed by atoms with Gasteiger partial charge in [0.25, 0.3) is 5.91 Å². The molecule has 1 aromatic heterocycles. The van der Waals surface area contributed by atoms with Gasteiger partial charge in [-0.1, -0.05) is 6.07 Å². The van der Waals surface area contributed by atoms with E-state index in [9.17, 15) is 9.18 Å². The Morgan fingerprint density at radius 3 is 2.76 bits per heavy atom. The molecule has 0 atom stereocenters. The maximum Gasteiger partial charge on any atom is 0.272 e. The minimum Gasteiger partial charge on any atom is -0.494 e. The predicted octanol–water partition coefficient (Wildman–Crippen LogP) is 1.80. The Labute approximate surface area is 121 Å². The number of hydrogen-bond acceptors (Lipinski definition) is 4. The zero-order valence-electron chi connectivity index (χ0n) is 11.9. The van der Waals surface area contributed by atoms with Crippen LogP contribution in [-0.2, 0) is 6.54 Å². The number of aromatic nitrogens is 2. The van der Waals surface area contributed by atoms with Crippen molar-refractivity contribution in [2.75, 3.05) is 19.4 Å². The highest BCUT2D eigenvalue weighted by atomic mass is 19.1. The van der Waals surface area contributed by atoms with E-state index < -0.39 is 5.82 Å². The molecule has 1 heterocycles. The van der Waals surface area contributed by atoms with E-state index in [1.54, 1.807) is 11.0 Å². The number of halogens is 1. The molecule has 2 aromatic rings. The van der Waals surface area contributed by atoms with Crippen LogP contribution in [0.5, 0.6) is 5.75 Å². The number of anilines is 1.